The zero-order chi connectivity index (χ0) is 11.1. The third-order valence-electron chi connectivity index (χ3n) is 2.78. The second-order valence-electron chi connectivity index (χ2n) is 4.21. The second-order valence-corrected chi connectivity index (χ2v) is 4.21. The number of aromatic nitrogens is 1. The van der Waals surface area contributed by atoms with Crippen LogP contribution in [0.25, 0.3) is 10.9 Å². The SMILES string of the molecule is CN(C)NC1=NCc2c[nH]c3cccc1c23. The molecule has 0 bridgehead atoms. The van der Waals surface area contributed by atoms with Crippen molar-refractivity contribution in [3.8, 4) is 0 Å². The van der Waals surface area contributed by atoms with E-state index >= 15 is 0 Å². The first-order valence-corrected chi connectivity index (χ1v) is 5.33. The molecule has 16 heavy (non-hydrogen) atoms. The van der Waals surface area contributed by atoms with Crippen molar-refractivity contribution in [1.29, 1.82) is 0 Å². The fourth-order valence-electron chi connectivity index (χ4n) is 2.13. The first-order valence-electron chi connectivity index (χ1n) is 5.33. The molecule has 1 aromatic heterocycles. The zero-order valence-electron chi connectivity index (χ0n) is 9.41. The summed E-state index contributed by atoms with van der Waals surface area (Å²) in [5.41, 5.74) is 6.87. The van der Waals surface area contributed by atoms with Crippen LogP contribution in [0, 0.1) is 0 Å². The van der Waals surface area contributed by atoms with E-state index in [1.54, 1.807) is 0 Å². The molecule has 3 rings (SSSR count). The predicted octanol–water partition coefficient (Wildman–Crippen LogP) is 1.49. The summed E-state index contributed by atoms with van der Waals surface area (Å²) in [7, 11) is 3.94. The lowest BCUT2D eigenvalue weighted by atomic mass is 10.0. The van der Waals surface area contributed by atoms with E-state index in [4.69, 9.17) is 0 Å². The Hall–Kier alpha value is -1.81. The van der Waals surface area contributed by atoms with Gasteiger partial charge < -0.3 is 10.4 Å². The largest absolute Gasteiger partial charge is 0.361 e. The number of aliphatic imine (C=N–C) groups is 1. The highest BCUT2D eigenvalue weighted by Gasteiger charge is 2.17. The van der Waals surface area contributed by atoms with Crippen molar-refractivity contribution in [2.45, 2.75) is 6.54 Å². The molecule has 4 nitrogen and oxygen atoms in total. The summed E-state index contributed by atoms with van der Waals surface area (Å²) in [5.74, 6) is 0.947. The van der Waals surface area contributed by atoms with Gasteiger partial charge in [0.2, 0.25) is 0 Å². The molecule has 0 saturated carbocycles. The molecule has 0 amide bonds. The third kappa shape index (κ3) is 1.31. The Morgan fingerprint density at radius 1 is 1.38 bits per heavy atom. The molecule has 1 aromatic carbocycles. The van der Waals surface area contributed by atoms with Gasteiger partial charge >= 0.3 is 0 Å². The van der Waals surface area contributed by atoms with Crippen LogP contribution in [0.4, 0.5) is 0 Å². The van der Waals surface area contributed by atoms with E-state index < -0.39 is 0 Å². The third-order valence-corrected chi connectivity index (χ3v) is 2.78. The Morgan fingerprint density at radius 3 is 3.06 bits per heavy atom. The molecule has 0 fully saturated rings. The summed E-state index contributed by atoms with van der Waals surface area (Å²) in [4.78, 5) is 7.83. The molecular weight excluding hydrogens is 200 g/mol. The molecule has 0 saturated heterocycles. The Balaban J connectivity index is 2.17. The van der Waals surface area contributed by atoms with Crippen molar-refractivity contribution in [3.05, 3.63) is 35.5 Å². The summed E-state index contributed by atoms with van der Waals surface area (Å²) >= 11 is 0. The first kappa shape index (κ1) is 9.42. The lowest BCUT2D eigenvalue weighted by molar-refractivity contribution is 0.362. The smallest absolute Gasteiger partial charge is 0.143 e. The number of aromatic amines is 1. The second kappa shape index (κ2) is 3.35. The van der Waals surface area contributed by atoms with Crippen LogP contribution >= 0.6 is 0 Å². The topological polar surface area (TPSA) is 43.4 Å². The van der Waals surface area contributed by atoms with Gasteiger partial charge in [0, 0.05) is 36.8 Å². The van der Waals surface area contributed by atoms with Gasteiger partial charge in [-0.25, -0.2) is 5.01 Å². The maximum absolute atomic E-state index is 4.55. The van der Waals surface area contributed by atoms with Crippen LogP contribution in [0.15, 0.2) is 29.4 Å². The minimum Gasteiger partial charge on any atom is -0.361 e. The number of amidine groups is 1. The molecule has 1 aliphatic rings. The van der Waals surface area contributed by atoms with Crippen LogP contribution in [0.3, 0.4) is 0 Å². The van der Waals surface area contributed by atoms with E-state index in [1.807, 2.05) is 25.3 Å². The maximum atomic E-state index is 4.55. The van der Waals surface area contributed by atoms with Gasteiger partial charge in [0.25, 0.3) is 0 Å². The molecule has 2 heterocycles. The van der Waals surface area contributed by atoms with Crippen LogP contribution in [0.1, 0.15) is 11.1 Å². The van der Waals surface area contributed by atoms with E-state index in [-0.39, 0.29) is 0 Å². The number of nitrogens with one attached hydrogen (secondary N) is 2. The number of rotatable bonds is 1. The molecule has 0 atom stereocenters. The number of H-pyrrole nitrogens is 1. The molecular formula is C12H14N4. The zero-order valence-corrected chi connectivity index (χ0v) is 9.41. The quantitative estimate of drug-likeness (QED) is 0.706. The number of hydrogen-bond acceptors (Lipinski definition) is 3. The molecule has 4 heteroatoms. The molecule has 0 aliphatic carbocycles. The molecule has 0 radical (unpaired) electrons. The maximum Gasteiger partial charge on any atom is 0.143 e. The average molecular weight is 214 g/mol. The lowest BCUT2D eigenvalue weighted by Gasteiger charge is -2.19. The molecule has 2 N–H and O–H groups in total. The number of hydrazine groups is 1. The highest BCUT2D eigenvalue weighted by atomic mass is 15.5. The minimum absolute atomic E-state index is 0.743. The summed E-state index contributed by atoms with van der Waals surface area (Å²) in [6, 6.07) is 6.26. The average Bonchev–Trinajstić information content (AvgIpc) is 2.67. The van der Waals surface area contributed by atoms with Crippen molar-refractivity contribution >= 4 is 16.7 Å². The minimum atomic E-state index is 0.743. The van der Waals surface area contributed by atoms with Gasteiger partial charge in [-0.2, -0.15) is 0 Å². The van der Waals surface area contributed by atoms with Gasteiger partial charge in [-0.1, -0.05) is 12.1 Å². The fourth-order valence-corrected chi connectivity index (χ4v) is 2.13. The molecule has 0 unspecified atom stereocenters. The van der Waals surface area contributed by atoms with Gasteiger partial charge in [-0.15, -0.1) is 0 Å². The van der Waals surface area contributed by atoms with Crippen molar-refractivity contribution in [3.63, 3.8) is 0 Å². The fraction of sp³-hybridized carbons (Fsp3) is 0.250. The van der Waals surface area contributed by atoms with Crippen LogP contribution < -0.4 is 5.43 Å². The highest BCUT2D eigenvalue weighted by Crippen LogP contribution is 2.26. The Kier molecular flexibility index (Phi) is 1.97. The predicted molar refractivity (Wildman–Crippen MR) is 65.4 cm³/mol. The van der Waals surface area contributed by atoms with E-state index in [1.165, 1.54) is 22.0 Å². The van der Waals surface area contributed by atoms with Crippen molar-refractivity contribution in [2.75, 3.05) is 14.1 Å². The lowest BCUT2D eigenvalue weighted by Crippen LogP contribution is -2.37. The van der Waals surface area contributed by atoms with Gasteiger partial charge in [0.1, 0.15) is 5.84 Å². The standard InChI is InChI=1S/C12H14N4/c1-16(2)15-12-9-4-3-5-10-11(9)8(6-13-10)7-14-12/h3-6,13H,7H2,1-2H3,(H,14,15). The summed E-state index contributed by atoms with van der Waals surface area (Å²) in [6.45, 7) is 0.743. The Morgan fingerprint density at radius 2 is 2.25 bits per heavy atom. The van der Waals surface area contributed by atoms with Gasteiger partial charge in [-0.05, 0) is 11.6 Å². The van der Waals surface area contributed by atoms with Crippen LogP contribution in [0.2, 0.25) is 0 Å². The Labute approximate surface area is 94.0 Å². The van der Waals surface area contributed by atoms with Crippen LogP contribution in [0.5, 0.6) is 0 Å². The molecule has 0 spiro atoms. The highest BCUT2D eigenvalue weighted by molar-refractivity contribution is 6.11. The molecule has 2 aromatic rings. The van der Waals surface area contributed by atoms with E-state index in [9.17, 15) is 0 Å². The summed E-state index contributed by atoms with van der Waals surface area (Å²) in [6.07, 6.45) is 2.05. The summed E-state index contributed by atoms with van der Waals surface area (Å²) in [5, 5.41) is 3.21. The molecule has 1 aliphatic heterocycles. The van der Waals surface area contributed by atoms with Crippen molar-refractivity contribution in [2.24, 2.45) is 4.99 Å². The van der Waals surface area contributed by atoms with E-state index in [2.05, 4.69) is 33.6 Å². The van der Waals surface area contributed by atoms with Crippen LogP contribution in [-0.2, 0) is 6.54 Å². The monoisotopic (exact) mass is 214 g/mol. The number of benzene rings is 1. The van der Waals surface area contributed by atoms with Gasteiger partial charge in [0.15, 0.2) is 0 Å². The van der Waals surface area contributed by atoms with Gasteiger partial charge in [0.05, 0.1) is 6.54 Å². The number of hydrogen-bond donors (Lipinski definition) is 2. The van der Waals surface area contributed by atoms with Crippen molar-refractivity contribution < 1.29 is 0 Å². The summed E-state index contributed by atoms with van der Waals surface area (Å²) < 4.78 is 0. The molecule has 82 valence electrons. The van der Waals surface area contributed by atoms with E-state index in [0.29, 0.717) is 0 Å². The van der Waals surface area contributed by atoms with Crippen LogP contribution in [-0.4, -0.2) is 29.9 Å². The normalized spacial score (nSPS) is 14.3. The number of nitrogens with zero attached hydrogens (tertiary/aromatic N) is 2. The first-order chi connectivity index (χ1) is 7.75. The Bertz CT molecular complexity index is 565. The van der Waals surface area contributed by atoms with Crippen molar-refractivity contribution in [1.82, 2.24) is 15.4 Å². The van der Waals surface area contributed by atoms with E-state index in [0.717, 1.165) is 12.4 Å². The van der Waals surface area contributed by atoms with Gasteiger partial charge in [-0.3, -0.25) is 4.99 Å².